The molecule has 0 saturated carbocycles. The Kier molecular flexibility index (Phi) is 40.1. The van der Waals surface area contributed by atoms with E-state index in [-0.39, 0.29) is 38.7 Å². The number of carbonyl (C=O) groups is 3. The van der Waals surface area contributed by atoms with E-state index in [1.54, 1.807) is 115 Å². The minimum Gasteiger partial charge on any atom is -0.508 e. The summed E-state index contributed by atoms with van der Waals surface area (Å²) < 4.78 is 165. The first-order valence-corrected chi connectivity index (χ1v) is 60.7. The first-order chi connectivity index (χ1) is 67.9. The quantitative estimate of drug-likeness (QED) is 0.00369. The van der Waals surface area contributed by atoms with Crippen molar-refractivity contribution in [3.8, 4) is 5.75 Å². The zero-order valence-electron chi connectivity index (χ0n) is 69.9. The third kappa shape index (κ3) is 29.6. The van der Waals surface area contributed by atoms with E-state index in [0.29, 0.717) is 26.0 Å². The molecule has 19 aromatic rings. The second-order valence-corrected chi connectivity index (χ2v) is 52.2. The fourth-order valence-corrected chi connectivity index (χ4v) is 34.0. The molecular formula is C86H55F6N7O20S22. The van der Waals surface area contributed by atoms with Gasteiger partial charge in [-0.15, -0.1) is 79.4 Å². The van der Waals surface area contributed by atoms with Crippen LogP contribution in [0.1, 0.15) is 53.3 Å². The number of aryl methyl sites for hydroxylation is 1. The number of carboxylic acid groups (broad SMARTS) is 3. The number of aromatic hydroxyl groups is 1. The third-order valence-corrected chi connectivity index (χ3v) is 43.7. The van der Waals surface area contributed by atoms with Crippen LogP contribution in [0.25, 0.3) is 71.5 Å². The van der Waals surface area contributed by atoms with E-state index < -0.39 is 130 Å². The molecule has 7 aromatic heterocycles. The van der Waals surface area contributed by atoms with Crippen LogP contribution in [0.2, 0.25) is 0 Å². The van der Waals surface area contributed by atoms with E-state index in [2.05, 4.69) is 73.8 Å². The van der Waals surface area contributed by atoms with Gasteiger partial charge in [-0.05, 0) is 250 Å². The number of nitrogens with zero attached hydrogens (tertiary/aromatic N) is 7. The highest BCUT2D eigenvalue weighted by Crippen LogP contribution is 2.50. The number of rotatable bonds is 32. The molecule has 0 bridgehead atoms. The Morgan fingerprint density at radius 2 is 0.759 bits per heavy atom. The topological polar surface area (TPSA) is 418 Å². The molecule has 0 radical (unpaired) electrons. The van der Waals surface area contributed by atoms with E-state index in [9.17, 15) is 62.7 Å². The van der Waals surface area contributed by atoms with Gasteiger partial charge in [0, 0.05) is 31.7 Å². The number of fused-ring (bicyclic) bond motifs is 7. The van der Waals surface area contributed by atoms with Gasteiger partial charge in [0.25, 0.3) is 10.1 Å². The summed E-state index contributed by atoms with van der Waals surface area (Å²) in [5, 5.41) is 61.6. The fourth-order valence-electron chi connectivity index (χ4n) is 11.4. The lowest BCUT2D eigenvalue weighted by atomic mass is 10.1. The molecule has 141 heavy (non-hydrogen) atoms. The van der Waals surface area contributed by atoms with Gasteiger partial charge in [0.1, 0.15) is 42.5 Å². The number of hydrogen-bond donors (Lipinski definition) is 8. The van der Waals surface area contributed by atoms with Crippen LogP contribution < -0.4 is 0 Å². The monoisotopic (exact) mass is 2320 g/mol. The molecule has 12 aromatic carbocycles. The molecule has 2 atom stereocenters. The van der Waals surface area contributed by atoms with Crippen LogP contribution in [0, 0.1) is 41.8 Å². The Hall–Kier alpha value is -8.25. The fraction of sp³-hybridized carbons (Fsp3) is 0.0465. The Bertz CT molecular complexity index is 7780. The van der Waals surface area contributed by atoms with Gasteiger partial charge >= 0.3 is 17.9 Å². The number of phenols is 1. The summed E-state index contributed by atoms with van der Waals surface area (Å²) in [7, 11) is 7.43. The number of para-hydroxylation sites is 3. The van der Waals surface area contributed by atoms with Crippen molar-refractivity contribution < 1.29 is 120 Å². The van der Waals surface area contributed by atoms with E-state index in [0.717, 1.165) is 119 Å². The SMILES string of the molecule is Cc1ccc2sc(SSc3nc4cc(S(=O)(=O)O)ccc4s3)nc2c1.O=C(O)c1c(F)c(F)c(SSc2c(F)c(F)c(COO)c(COO)c2F)c(F)c1C(=O)O.O=C(O)c1ccc2sc(SSc3nc4cc(COO)ccc4s3)nc2c1.O=S(OSSc1ccccc1)c1ccccc1.O=S(OSSc1nc2ccccc2s1)c1nc2ccccc2s1.Oc1ccc(SSc2nc3ccccc3s2)cc1. The van der Waals surface area contributed by atoms with E-state index in [1.807, 2.05) is 153 Å². The minimum atomic E-state index is -4.21. The molecule has 0 amide bonds. The van der Waals surface area contributed by atoms with Crippen molar-refractivity contribution in [2.75, 3.05) is 0 Å². The molecule has 0 aliphatic rings. The van der Waals surface area contributed by atoms with Gasteiger partial charge in [-0.1, -0.05) is 95.7 Å². The Morgan fingerprint density at radius 3 is 1.27 bits per heavy atom. The second kappa shape index (κ2) is 52.2. The van der Waals surface area contributed by atoms with Crippen LogP contribution in [0.4, 0.5) is 26.3 Å². The summed E-state index contributed by atoms with van der Waals surface area (Å²) in [4.78, 5) is 76.1. The summed E-state index contributed by atoms with van der Waals surface area (Å²) in [6.07, 6.45) is 0. The normalized spacial score (nSPS) is 11.8. The van der Waals surface area contributed by atoms with Gasteiger partial charge in [0.2, 0.25) is 26.5 Å². The summed E-state index contributed by atoms with van der Waals surface area (Å²) >= 11 is 10.1. The van der Waals surface area contributed by atoms with Crippen molar-refractivity contribution >= 4 is 331 Å². The summed E-state index contributed by atoms with van der Waals surface area (Å²) in [6, 6.07) is 71.3. The van der Waals surface area contributed by atoms with Gasteiger partial charge < -0.3 is 20.4 Å². The lowest BCUT2D eigenvalue weighted by Gasteiger charge is -2.15. The highest BCUT2D eigenvalue weighted by atomic mass is 33.1. The molecule has 0 saturated heterocycles. The Labute approximate surface area is 873 Å². The maximum atomic E-state index is 14.6. The molecule has 2 unspecified atom stereocenters. The van der Waals surface area contributed by atoms with Crippen LogP contribution in [0.3, 0.4) is 0 Å². The largest absolute Gasteiger partial charge is 0.508 e. The van der Waals surface area contributed by atoms with Crippen LogP contribution >= 0.6 is 209 Å². The van der Waals surface area contributed by atoms with E-state index in [1.165, 1.54) is 121 Å². The molecule has 27 nitrogen and oxygen atoms in total. The average molecular weight is 2330 g/mol. The van der Waals surface area contributed by atoms with Crippen molar-refractivity contribution in [2.45, 2.75) is 86.5 Å². The van der Waals surface area contributed by atoms with Gasteiger partial charge in [-0.2, -0.15) is 8.42 Å². The predicted molar refractivity (Wildman–Crippen MR) is 557 cm³/mol. The van der Waals surface area contributed by atoms with Gasteiger partial charge in [0.05, 0.1) is 119 Å². The Balaban J connectivity index is 0.000000136. The number of hydrogen-bond acceptors (Lipinski definition) is 42. The molecule has 19 rings (SSSR count). The summed E-state index contributed by atoms with van der Waals surface area (Å²) in [5.74, 6) is -17.1. The Morgan fingerprint density at radius 1 is 0.362 bits per heavy atom. The first kappa shape index (κ1) is 108. The summed E-state index contributed by atoms with van der Waals surface area (Å²) in [5.41, 5.74) is 2.90. The number of phenolic OH excluding ortho intramolecular Hbond substituents is 1. The first-order valence-electron chi connectivity index (χ1n) is 38.6. The zero-order chi connectivity index (χ0) is 100.0. The number of aromatic nitrogens is 7. The maximum Gasteiger partial charge on any atom is 0.339 e. The van der Waals surface area contributed by atoms with Crippen molar-refractivity contribution in [3.05, 3.63) is 304 Å². The molecule has 55 heteroatoms. The van der Waals surface area contributed by atoms with Gasteiger partial charge in [0.15, 0.2) is 55.1 Å². The lowest BCUT2D eigenvalue weighted by Crippen LogP contribution is -2.16. The zero-order valence-corrected chi connectivity index (χ0v) is 87.9. The van der Waals surface area contributed by atoms with Crippen molar-refractivity contribution in [1.29, 1.82) is 0 Å². The number of benzene rings is 12. The summed E-state index contributed by atoms with van der Waals surface area (Å²) in [6.45, 7) is 0.0222. The van der Waals surface area contributed by atoms with Crippen LogP contribution in [-0.2, 0) is 74.0 Å². The molecule has 0 aliphatic carbocycles. The second-order valence-electron chi connectivity index (χ2n) is 27.0. The molecule has 0 fully saturated rings. The number of thiazole rings is 7. The van der Waals surface area contributed by atoms with E-state index in [4.69, 9.17) is 42.9 Å². The smallest absolute Gasteiger partial charge is 0.339 e. The van der Waals surface area contributed by atoms with Gasteiger partial charge in [-0.25, -0.2) is 106 Å². The average Bonchev–Trinajstić information content (AvgIpc) is 1.68. The molecule has 8 N–H and O–H groups in total. The van der Waals surface area contributed by atoms with Crippen molar-refractivity contribution in [2.24, 2.45) is 0 Å². The molecule has 7 heterocycles. The van der Waals surface area contributed by atoms with Crippen molar-refractivity contribution in [3.63, 3.8) is 0 Å². The number of carboxylic acids is 3. The molecule has 0 spiro atoms. The number of aromatic carboxylic acids is 3. The van der Waals surface area contributed by atoms with Crippen LogP contribution in [-0.4, -0.2) is 110 Å². The maximum absolute atomic E-state index is 14.6. The standard InChI is InChI=1S/C16H8F6O8S2.C16H10N2O4S4.C15H10N2O3S5.C14H8N2O2S5.C13H9NOS3.C12H10O2S3/c17-7-3(1-29-27)4(2-30-28)8(18)13(11(7)21)31-32-14-10(20)6(16(25)26)5(15(23)24)9(19)12(14)22;19-14(20)9-2-4-13-11(6-9)18-16(24-13)26-25-15-17-10-5-8(7-22-21)1-3-12(10)23-15;1-8-2-4-12-10(6-8)16-14(21-12)23-24-15-17-11-7-9(25(18,19)20)3-5-13(11)22-15;17-23(14-16-10-6-2-4-8-12(10)20-14)18-22-21-13-15-9-5-1-3-7-11(9)19-13;15-9-5-7-10(8-6-9)17-18-13-14-11-3-1-2-4-12(11)16-13;13-17(12-9-5-2-6-10-12)14-16-15-11-7-3-1-4-8-11/h27-28H,1-2H2,(H,23,24)(H,25,26);1-6,21H,7H2,(H,19,20);2-7H,1H3,(H,18,19,20);1-8H;1-8,15H;1-10H. The van der Waals surface area contributed by atoms with Gasteiger partial charge in [-0.3, -0.25) is 20.3 Å². The van der Waals surface area contributed by atoms with Crippen molar-refractivity contribution in [1.82, 2.24) is 34.9 Å². The highest BCUT2D eigenvalue weighted by Gasteiger charge is 2.35. The molecular weight excluding hydrogens is 2270 g/mol. The molecule has 0 aliphatic heterocycles. The molecule has 728 valence electrons. The lowest BCUT2D eigenvalue weighted by molar-refractivity contribution is -0.259. The third-order valence-electron chi connectivity index (χ3n) is 17.7. The predicted octanol–water partition coefficient (Wildman–Crippen LogP) is 29.5. The number of halogens is 6. The minimum absolute atomic E-state index is 0.134. The van der Waals surface area contributed by atoms with E-state index >= 15 is 0 Å². The van der Waals surface area contributed by atoms with Crippen LogP contribution in [0.5, 0.6) is 5.75 Å². The van der Waals surface area contributed by atoms with Crippen LogP contribution in [0.15, 0.2) is 290 Å². The highest BCUT2D eigenvalue weighted by molar-refractivity contribution is 8.78.